The van der Waals surface area contributed by atoms with Gasteiger partial charge in [-0.15, -0.1) is 0 Å². The molecule has 0 amide bonds. The molecule has 0 bridgehead atoms. The molecule has 112 valence electrons. The molecule has 0 N–H and O–H groups in total. The van der Waals surface area contributed by atoms with Crippen LogP contribution in [0.5, 0.6) is 0 Å². The number of hydrogen-bond acceptors (Lipinski definition) is 7. The molecule has 0 aromatic carbocycles. The molecule has 0 unspecified atom stereocenters. The second-order valence-electron chi connectivity index (χ2n) is 4.18. The topological polar surface area (TPSA) is 121 Å². The van der Waals surface area contributed by atoms with Crippen molar-refractivity contribution in [1.82, 2.24) is 9.55 Å². The quantitative estimate of drug-likeness (QED) is 0.295. The van der Waals surface area contributed by atoms with Crippen LogP contribution in [0.25, 0.3) is 0 Å². The Morgan fingerprint density at radius 1 is 1.55 bits per heavy atom. The SMILES string of the molecule is Cc1ncc([N+](=O)[O-])n1CC(=O)CCCOS(C)(=O)=O. The maximum Gasteiger partial charge on any atom is 0.343 e. The molecule has 0 saturated heterocycles. The Morgan fingerprint density at radius 2 is 2.20 bits per heavy atom. The van der Waals surface area contributed by atoms with Gasteiger partial charge in [0.25, 0.3) is 10.1 Å². The van der Waals surface area contributed by atoms with Crippen LogP contribution in [0.4, 0.5) is 5.82 Å². The Bertz CT molecular complexity index is 607. The standard InChI is InChI=1S/C10H15N3O6S/c1-8-11-6-10(13(15)16)12(8)7-9(14)4-3-5-19-20(2,17)18/h6H,3-5,7H2,1-2H3. The maximum atomic E-state index is 11.7. The fourth-order valence-corrected chi connectivity index (χ4v) is 1.95. The van der Waals surface area contributed by atoms with Gasteiger partial charge in [-0.05, 0) is 11.3 Å². The minimum atomic E-state index is -3.51. The summed E-state index contributed by atoms with van der Waals surface area (Å²) in [6.45, 7) is 1.31. The number of carbonyl (C=O) groups is 1. The Labute approximate surface area is 115 Å². The maximum absolute atomic E-state index is 11.7. The molecule has 1 heterocycles. The molecular weight excluding hydrogens is 290 g/mol. The lowest BCUT2D eigenvalue weighted by Gasteiger charge is -2.03. The van der Waals surface area contributed by atoms with Crippen LogP contribution in [0.1, 0.15) is 18.7 Å². The number of ketones is 1. The molecule has 1 rings (SSSR count). The Hall–Kier alpha value is -1.81. The fraction of sp³-hybridized carbons (Fsp3) is 0.600. The van der Waals surface area contributed by atoms with E-state index in [2.05, 4.69) is 9.17 Å². The zero-order valence-corrected chi connectivity index (χ0v) is 11.9. The second kappa shape index (κ2) is 6.57. The van der Waals surface area contributed by atoms with Gasteiger partial charge >= 0.3 is 5.82 Å². The van der Waals surface area contributed by atoms with Gasteiger partial charge in [0.05, 0.1) is 12.9 Å². The first kappa shape index (κ1) is 16.2. The van der Waals surface area contributed by atoms with Crippen LogP contribution in [-0.2, 0) is 25.6 Å². The van der Waals surface area contributed by atoms with Crippen molar-refractivity contribution in [3.05, 3.63) is 22.1 Å². The first-order valence-corrected chi connectivity index (χ1v) is 7.55. The number of nitro groups is 1. The van der Waals surface area contributed by atoms with Gasteiger partial charge in [-0.3, -0.25) is 8.98 Å². The van der Waals surface area contributed by atoms with Crippen LogP contribution in [0.3, 0.4) is 0 Å². The molecule has 0 aliphatic carbocycles. The van der Waals surface area contributed by atoms with E-state index in [1.165, 1.54) is 4.57 Å². The van der Waals surface area contributed by atoms with Gasteiger partial charge in [0.15, 0.2) is 18.2 Å². The average molecular weight is 305 g/mol. The summed E-state index contributed by atoms with van der Waals surface area (Å²) in [5.41, 5.74) is 0. The van der Waals surface area contributed by atoms with Gasteiger partial charge in [-0.25, -0.2) is 9.55 Å². The second-order valence-corrected chi connectivity index (χ2v) is 5.82. The van der Waals surface area contributed by atoms with Crippen molar-refractivity contribution in [1.29, 1.82) is 0 Å². The van der Waals surface area contributed by atoms with Gasteiger partial charge in [0, 0.05) is 13.3 Å². The summed E-state index contributed by atoms with van der Waals surface area (Å²) in [6, 6.07) is 0. The minimum absolute atomic E-state index is 0.0737. The number of aromatic nitrogens is 2. The van der Waals surface area contributed by atoms with E-state index in [0.29, 0.717) is 5.82 Å². The first-order chi connectivity index (χ1) is 9.20. The van der Waals surface area contributed by atoms with Gasteiger partial charge in [0.2, 0.25) is 0 Å². The van der Waals surface area contributed by atoms with Gasteiger partial charge < -0.3 is 10.1 Å². The van der Waals surface area contributed by atoms with Gasteiger partial charge in [0.1, 0.15) is 6.20 Å². The van der Waals surface area contributed by atoms with E-state index >= 15 is 0 Å². The predicted molar refractivity (Wildman–Crippen MR) is 68.7 cm³/mol. The Morgan fingerprint density at radius 3 is 2.75 bits per heavy atom. The monoisotopic (exact) mass is 305 g/mol. The highest BCUT2D eigenvalue weighted by molar-refractivity contribution is 7.85. The zero-order chi connectivity index (χ0) is 15.3. The van der Waals surface area contributed by atoms with Crippen LogP contribution in [0, 0.1) is 17.0 Å². The van der Waals surface area contributed by atoms with E-state index < -0.39 is 15.0 Å². The third kappa shape index (κ3) is 5.05. The molecule has 0 spiro atoms. The summed E-state index contributed by atoms with van der Waals surface area (Å²) in [4.78, 5) is 25.6. The highest BCUT2D eigenvalue weighted by atomic mass is 32.2. The third-order valence-corrected chi connectivity index (χ3v) is 3.05. The molecule has 1 aromatic rings. The summed E-state index contributed by atoms with van der Waals surface area (Å²) >= 11 is 0. The minimum Gasteiger partial charge on any atom is -0.358 e. The number of carbonyl (C=O) groups excluding carboxylic acids is 1. The van der Waals surface area contributed by atoms with Crippen molar-refractivity contribution < 1.29 is 22.3 Å². The number of rotatable bonds is 8. The molecule has 0 aliphatic heterocycles. The van der Waals surface area contributed by atoms with Crippen LogP contribution in [-0.4, -0.2) is 41.5 Å². The smallest absolute Gasteiger partial charge is 0.343 e. The molecule has 0 fully saturated rings. The molecule has 20 heavy (non-hydrogen) atoms. The van der Waals surface area contributed by atoms with Crippen molar-refractivity contribution >= 4 is 21.7 Å². The van der Waals surface area contributed by atoms with Crippen LogP contribution < -0.4 is 0 Å². The fourth-order valence-electron chi connectivity index (χ4n) is 1.53. The predicted octanol–water partition coefficient (Wildman–Crippen LogP) is 0.425. The van der Waals surface area contributed by atoms with Crippen molar-refractivity contribution in [3.8, 4) is 0 Å². The van der Waals surface area contributed by atoms with Crippen molar-refractivity contribution in [3.63, 3.8) is 0 Å². The molecule has 1 aromatic heterocycles. The van der Waals surface area contributed by atoms with Gasteiger partial charge in [-0.1, -0.05) is 0 Å². The van der Waals surface area contributed by atoms with Crippen molar-refractivity contribution in [2.75, 3.05) is 12.9 Å². The summed E-state index contributed by atoms with van der Waals surface area (Å²) in [6.07, 6.45) is 2.32. The summed E-state index contributed by atoms with van der Waals surface area (Å²) in [7, 11) is -3.51. The largest absolute Gasteiger partial charge is 0.358 e. The van der Waals surface area contributed by atoms with E-state index in [4.69, 9.17) is 0 Å². The van der Waals surface area contributed by atoms with Crippen molar-refractivity contribution in [2.24, 2.45) is 0 Å². The lowest BCUT2D eigenvalue weighted by Crippen LogP contribution is -2.14. The van der Waals surface area contributed by atoms with E-state index in [9.17, 15) is 23.3 Å². The lowest BCUT2D eigenvalue weighted by molar-refractivity contribution is -0.392. The van der Waals surface area contributed by atoms with E-state index in [1.54, 1.807) is 6.92 Å². The van der Waals surface area contributed by atoms with Gasteiger partial charge in [-0.2, -0.15) is 8.42 Å². The number of nitrogens with zero attached hydrogens (tertiary/aromatic N) is 3. The molecular formula is C10H15N3O6S. The number of hydrogen-bond donors (Lipinski definition) is 0. The first-order valence-electron chi connectivity index (χ1n) is 5.73. The number of aryl methyl sites for hydroxylation is 1. The summed E-state index contributed by atoms with van der Waals surface area (Å²) in [5.74, 6) is -0.132. The molecule has 9 nitrogen and oxygen atoms in total. The van der Waals surface area contributed by atoms with Crippen LogP contribution >= 0.6 is 0 Å². The number of Topliss-reactive ketones (excluding diaryl/α,β-unsaturated/α-hetero) is 1. The third-order valence-electron chi connectivity index (χ3n) is 2.45. The normalized spacial score (nSPS) is 11.5. The Balaban J connectivity index is 2.51. The highest BCUT2D eigenvalue weighted by Gasteiger charge is 2.19. The molecule has 0 aliphatic rings. The van der Waals surface area contributed by atoms with Crippen LogP contribution in [0.15, 0.2) is 6.20 Å². The summed E-state index contributed by atoms with van der Waals surface area (Å²) in [5, 5.41) is 10.7. The molecule has 0 radical (unpaired) electrons. The Kier molecular flexibility index (Phi) is 5.34. The van der Waals surface area contributed by atoms with E-state index in [0.717, 1.165) is 12.5 Å². The zero-order valence-electron chi connectivity index (χ0n) is 11.1. The molecule has 0 atom stereocenters. The van der Waals surface area contributed by atoms with Crippen LogP contribution in [0.2, 0.25) is 0 Å². The highest BCUT2D eigenvalue weighted by Crippen LogP contribution is 2.14. The summed E-state index contributed by atoms with van der Waals surface area (Å²) < 4.78 is 27.1. The van der Waals surface area contributed by atoms with E-state index in [-0.39, 0.29) is 37.6 Å². The van der Waals surface area contributed by atoms with E-state index in [1.807, 2.05) is 0 Å². The number of imidazole rings is 1. The van der Waals surface area contributed by atoms with Crippen molar-refractivity contribution in [2.45, 2.75) is 26.3 Å². The molecule has 0 saturated carbocycles. The lowest BCUT2D eigenvalue weighted by atomic mass is 10.2. The molecule has 10 heteroatoms. The average Bonchev–Trinajstić information content (AvgIpc) is 2.66.